The van der Waals surface area contributed by atoms with Crippen molar-refractivity contribution in [2.75, 3.05) is 13.1 Å². The number of benzene rings is 1. The van der Waals surface area contributed by atoms with Crippen molar-refractivity contribution < 1.29 is 0 Å². The smallest absolute Gasteiger partial charge is 0.0756 e. The minimum absolute atomic E-state index is 0.400. The average Bonchev–Trinajstić information content (AvgIpc) is 2.94. The van der Waals surface area contributed by atoms with E-state index >= 15 is 0 Å². The van der Waals surface area contributed by atoms with E-state index in [0.717, 1.165) is 18.9 Å². The molecule has 0 saturated carbocycles. The number of hydrogen-bond acceptors (Lipinski definition) is 1. The van der Waals surface area contributed by atoms with Crippen LogP contribution in [0.2, 0.25) is 0 Å². The summed E-state index contributed by atoms with van der Waals surface area (Å²) >= 11 is 0. The highest BCUT2D eigenvalue weighted by Gasteiger charge is 2.26. The Hall–Kier alpha value is -1.54. The van der Waals surface area contributed by atoms with Gasteiger partial charge >= 0.3 is 0 Å². The van der Waals surface area contributed by atoms with Crippen molar-refractivity contribution in [2.45, 2.75) is 52.6 Å². The summed E-state index contributed by atoms with van der Waals surface area (Å²) in [4.78, 5) is 2.69. The summed E-state index contributed by atoms with van der Waals surface area (Å²) < 4.78 is 2.45. The number of rotatable bonds is 5. The molecule has 2 heteroatoms. The molecule has 0 bridgehead atoms. The average molecular weight is 310 g/mol. The summed E-state index contributed by atoms with van der Waals surface area (Å²) in [5, 5.41) is 0. The second-order valence-corrected chi connectivity index (χ2v) is 7.20. The molecule has 0 fully saturated rings. The lowest BCUT2D eigenvalue weighted by atomic mass is 9.99. The predicted molar refractivity (Wildman–Crippen MR) is 97.7 cm³/mol. The fourth-order valence-corrected chi connectivity index (χ4v) is 3.62. The molecule has 0 N–H and O–H groups in total. The largest absolute Gasteiger partial charge is 0.350 e. The van der Waals surface area contributed by atoms with E-state index in [0.29, 0.717) is 6.04 Å². The summed E-state index contributed by atoms with van der Waals surface area (Å²) in [7, 11) is 0. The molecular weight excluding hydrogens is 280 g/mol. The summed E-state index contributed by atoms with van der Waals surface area (Å²) in [6.45, 7) is 10.4. The van der Waals surface area contributed by atoms with Gasteiger partial charge in [0.05, 0.1) is 6.04 Å². The first-order chi connectivity index (χ1) is 11.2. The highest BCUT2D eigenvalue weighted by molar-refractivity contribution is 5.32. The number of hydrogen-bond donors (Lipinski definition) is 0. The van der Waals surface area contributed by atoms with Crippen molar-refractivity contribution in [3.8, 4) is 0 Å². The van der Waals surface area contributed by atoms with Crippen molar-refractivity contribution in [3.63, 3.8) is 0 Å². The number of aromatic nitrogens is 1. The van der Waals surface area contributed by atoms with Gasteiger partial charge in [0.25, 0.3) is 0 Å². The molecule has 0 radical (unpaired) electrons. The van der Waals surface area contributed by atoms with E-state index < -0.39 is 0 Å². The first-order valence-corrected chi connectivity index (χ1v) is 9.17. The van der Waals surface area contributed by atoms with Gasteiger partial charge in [-0.15, -0.1) is 0 Å². The third-order valence-corrected chi connectivity index (χ3v) is 5.05. The third-order valence-electron chi connectivity index (χ3n) is 5.05. The topological polar surface area (TPSA) is 8.17 Å². The first kappa shape index (κ1) is 16.3. The molecule has 1 aromatic heterocycles. The molecule has 0 saturated heterocycles. The van der Waals surface area contributed by atoms with E-state index in [1.807, 2.05) is 0 Å². The summed E-state index contributed by atoms with van der Waals surface area (Å²) in [5.74, 6) is 0.758. The van der Waals surface area contributed by atoms with Gasteiger partial charge in [0.2, 0.25) is 0 Å². The highest BCUT2D eigenvalue weighted by Crippen LogP contribution is 2.32. The second kappa shape index (κ2) is 7.35. The zero-order valence-corrected chi connectivity index (χ0v) is 14.8. The van der Waals surface area contributed by atoms with E-state index in [9.17, 15) is 0 Å². The molecule has 0 amide bonds. The van der Waals surface area contributed by atoms with Crippen LogP contribution in [0.4, 0.5) is 0 Å². The Kier molecular flexibility index (Phi) is 5.22. The minimum atomic E-state index is 0.400. The van der Waals surface area contributed by atoms with Gasteiger partial charge < -0.3 is 4.57 Å². The van der Waals surface area contributed by atoms with E-state index in [1.165, 1.54) is 42.8 Å². The van der Waals surface area contributed by atoms with Gasteiger partial charge in [-0.1, -0.05) is 45.0 Å². The lowest BCUT2D eigenvalue weighted by Crippen LogP contribution is -2.31. The zero-order valence-electron chi connectivity index (χ0n) is 14.8. The molecule has 23 heavy (non-hydrogen) atoms. The molecule has 2 nitrogen and oxygen atoms in total. The van der Waals surface area contributed by atoms with Gasteiger partial charge in [0.1, 0.15) is 0 Å². The maximum absolute atomic E-state index is 2.69. The van der Waals surface area contributed by atoms with Crippen LogP contribution < -0.4 is 0 Å². The molecule has 0 spiro atoms. The van der Waals surface area contributed by atoms with E-state index in [2.05, 4.69) is 72.8 Å². The van der Waals surface area contributed by atoms with Gasteiger partial charge in [-0.25, -0.2) is 0 Å². The summed E-state index contributed by atoms with van der Waals surface area (Å²) in [6.07, 6.45) is 5.86. The fourth-order valence-electron chi connectivity index (χ4n) is 3.62. The van der Waals surface area contributed by atoms with E-state index in [1.54, 1.807) is 0 Å². The van der Waals surface area contributed by atoms with Crippen LogP contribution in [0.5, 0.6) is 0 Å². The van der Waals surface area contributed by atoms with Crippen LogP contribution in [-0.2, 0) is 13.0 Å². The Morgan fingerprint density at radius 2 is 1.87 bits per heavy atom. The standard InChI is InChI=1S/C21H30N2/c1-4-18-8-10-19(11-9-18)21-20-7-5-13-22(20)14-6-15-23(21)16-12-17(2)3/h5,7-11,13,17,21H,4,6,12,14-16H2,1-3H3/t21-/m0/s1. The van der Waals surface area contributed by atoms with Gasteiger partial charge in [0, 0.05) is 25.0 Å². The SMILES string of the molecule is CCc1ccc([C@H]2c3cccn3CCCN2CCC(C)C)cc1. The zero-order chi connectivity index (χ0) is 16.2. The fraction of sp³-hybridized carbons (Fsp3) is 0.524. The van der Waals surface area contributed by atoms with Crippen LogP contribution in [-0.4, -0.2) is 22.6 Å². The quantitative estimate of drug-likeness (QED) is 0.763. The molecule has 0 unspecified atom stereocenters. The number of aryl methyl sites for hydroxylation is 2. The van der Waals surface area contributed by atoms with Gasteiger partial charge in [-0.3, -0.25) is 4.90 Å². The van der Waals surface area contributed by atoms with Crippen LogP contribution in [0.15, 0.2) is 42.6 Å². The maximum Gasteiger partial charge on any atom is 0.0756 e. The predicted octanol–water partition coefficient (Wildman–Crippen LogP) is 4.89. The van der Waals surface area contributed by atoms with Gasteiger partial charge in [-0.2, -0.15) is 0 Å². The van der Waals surface area contributed by atoms with Crippen molar-refractivity contribution in [1.29, 1.82) is 0 Å². The molecule has 2 aromatic rings. The maximum atomic E-state index is 2.69. The molecule has 0 aliphatic carbocycles. The van der Waals surface area contributed by atoms with Crippen LogP contribution in [0.25, 0.3) is 0 Å². The second-order valence-electron chi connectivity index (χ2n) is 7.20. The van der Waals surface area contributed by atoms with Crippen LogP contribution in [0.1, 0.15) is 56.5 Å². The Morgan fingerprint density at radius 3 is 2.57 bits per heavy atom. The Morgan fingerprint density at radius 1 is 1.09 bits per heavy atom. The molecule has 124 valence electrons. The molecule has 1 aliphatic rings. The van der Waals surface area contributed by atoms with Crippen LogP contribution >= 0.6 is 0 Å². The van der Waals surface area contributed by atoms with Gasteiger partial charge in [0.15, 0.2) is 0 Å². The van der Waals surface area contributed by atoms with Crippen LogP contribution in [0, 0.1) is 5.92 Å². The van der Waals surface area contributed by atoms with Crippen molar-refractivity contribution in [2.24, 2.45) is 5.92 Å². The summed E-state index contributed by atoms with van der Waals surface area (Å²) in [5.41, 5.74) is 4.31. The third kappa shape index (κ3) is 3.69. The lowest BCUT2D eigenvalue weighted by Gasteiger charge is -2.31. The lowest BCUT2D eigenvalue weighted by molar-refractivity contribution is 0.216. The molecule has 1 aromatic carbocycles. The van der Waals surface area contributed by atoms with Gasteiger partial charge in [-0.05, 0) is 55.0 Å². The van der Waals surface area contributed by atoms with Crippen molar-refractivity contribution in [1.82, 2.24) is 9.47 Å². The molecular formula is C21H30N2. The molecule has 2 heterocycles. The minimum Gasteiger partial charge on any atom is -0.350 e. The van der Waals surface area contributed by atoms with Crippen molar-refractivity contribution >= 4 is 0 Å². The number of nitrogens with zero attached hydrogens (tertiary/aromatic N) is 2. The Labute approximate surface area is 141 Å². The van der Waals surface area contributed by atoms with Crippen molar-refractivity contribution in [3.05, 3.63) is 59.4 Å². The van der Waals surface area contributed by atoms with E-state index in [4.69, 9.17) is 0 Å². The summed E-state index contributed by atoms with van der Waals surface area (Å²) in [6, 6.07) is 14.2. The molecule has 1 atom stereocenters. The first-order valence-electron chi connectivity index (χ1n) is 9.17. The van der Waals surface area contributed by atoms with E-state index in [-0.39, 0.29) is 0 Å². The monoisotopic (exact) mass is 310 g/mol. The molecule has 3 rings (SSSR count). The Balaban J connectivity index is 1.94. The highest BCUT2D eigenvalue weighted by atomic mass is 15.2. The molecule has 1 aliphatic heterocycles. The number of fused-ring (bicyclic) bond motifs is 1. The Bertz CT molecular complexity index is 609. The normalized spacial score (nSPS) is 18.9. The van der Waals surface area contributed by atoms with Crippen LogP contribution in [0.3, 0.4) is 0 Å².